The summed E-state index contributed by atoms with van der Waals surface area (Å²) >= 11 is 0. The van der Waals surface area contributed by atoms with Gasteiger partial charge in [0.05, 0.1) is 23.5 Å². The molecule has 0 aliphatic rings. The third-order valence-electron chi connectivity index (χ3n) is 9.44. The van der Waals surface area contributed by atoms with Crippen LogP contribution in [-0.2, 0) is 45.7 Å². The summed E-state index contributed by atoms with van der Waals surface area (Å²) in [5.41, 5.74) is 6.36. The summed E-state index contributed by atoms with van der Waals surface area (Å²) in [6.07, 6.45) is 3.86. The van der Waals surface area contributed by atoms with E-state index >= 15 is 0 Å². The third kappa shape index (κ3) is 16.9. The minimum atomic E-state index is 0. The largest absolute Gasteiger partial charge is 1.00 e. The molecule has 4 aromatic carbocycles. The van der Waals surface area contributed by atoms with Crippen LogP contribution in [0.5, 0.6) is 0 Å². The van der Waals surface area contributed by atoms with Crippen LogP contribution in [0.3, 0.4) is 0 Å². The van der Waals surface area contributed by atoms with Crippen LogP contribution in [0.1, 0.15) is 38.8 Å². The Morgan fingerprint density at radius 3 is 1.08 bits per heavy atom. The molecular formula is C44H56Cl4N10O2Zn-2. The topological polar surface area (TPSA) is 114 Å². The van der Waals surface area contributed by atoms with Crippen molar-refractivity contribution in [1.82, 2.24) is 9.36 Å². The average Bonchev–Trinajstić information content (AvgIpc) is 3.81. The maximum Gasteiger partial charge on any atom is 0.215 e. The smallest absolute Gasteiger partial charge is 0.215 e. The van der Waals surface area contributed by atoms with Crippen molar-refractivity contribution in [2.75, 3.05) is 49.2 Å². The van der Waals surface area contributed by atoms with Crippen LogP contribution >= 0.6 is 0 Å². The van der Waals surface area contributed by atoms with E-state index < -0.39 is 0 Å². The van der Waals surface area contributed by atoms with Crippen molar-refractivity contribution >= 4 is 34.4 Å². The van der Waals surface area contributed by atoms with Crippen LogP contribution in [-0.4, -0.2) is 59.0 Å². The molecule has 0 saturated carbocycles. The van der Waals surface area contributed by atoms with Crippen molar-refractivity contribution in [1.29, 1.82) is 0 Å². The molecule has 0 saturated heterocycles. The van der Waals surface area contributed by atoms with Crippen molar-refractivity contribution in [2.24, 2.45) is 20.5 Å². The van der Waals surface area contributed by atoms with Crippen LogP contribution in [0.4, 0.5) is 34.4 Å². The molecular weight excluding hydrogens is 908 g/mol. The van der Waals surface area contributed by atoms with Gasteiger partial charge in [0.25, 0.3) is 0 Å². The molecule has 6 aromatic rings. The zero-order valence-corrected chi connectivity index (χ0v) is 41.3. The molecule has 0 radical (unpaired) electrons. The zero-order chi connectivity index (χ0) is 39.5. The zero-order valence-electron chi connectivity index (χ0n) is 35.4. The van der Waals surface area contributed by atoms with Gasteiger partial charge in [0.2, 0.25) is 11.6 Å². The summed E-state index contributed by atoms with van der Waals surface area (Å²) in [7, 11) is 0. The molecule has 0 atom stereocenters. The van der Waals surface area contributed by atoms with E-state index in [4.69, 9.17) is 0 Å². The first-order valence-electron chi connectivity index (χ1n) is 19.5. The molecule has 0 unspecified atom stereocenters. The Hall–Kier alpha value is -4.20. The van der Waals surface area contributed by atoms with Gasteiger partial charge in [0, 0.05) is 57.0 Å². The predicted molar refractivity (Wildman–Crippen MR) is 223 cm³/mol. The molecule has 2 N–H and O–H groups in total. The number of aromatic nitrogens is 4. The second kappa shape index (κ2) is 30.8. The van der Waals surface area contributed by atoms with E-state index in [1.807, 2.05) is 104 Å². The Balaban J connectivity index is 0.00000109. The number of hydrogen-bond donors (Lipinski definition) is 2. The number of halogens is 4. The number of azo groups is 2. The first-order chi connectivity index (χ1) is 27.5. The van der Waals surface area contributed by atoms with Crippen molar-refractivity contribution < 1.29 is 88.7 Å². The standard InChI is InChI=1S/2C22H28N5O.4ClH.Zn/c2*1-3-25(4-2)21-12-10-20(11-13-21)23-24-22-14-15-26(16-17-28)27(22)18-19-8-6-5-7-9-19;;;;;/h2*5-15,28H,3-4,16-18H2,1-2H3;4*1H;/q2*+1;;;;;/p-4. The molecule has 326 valence electrons. The van der Waals surface area contributed by atoms with Crippen molar-refractivity contribution in [2.45, 2.75) is 53.9 Å². The summed E-state index contributed by atoms with van der Waals surface area (Å²) in [6, 6.07) is 40.5. The molecule has 61 heavy (non-hydrogen) atoms. The third-order valence-corrected chi connectivity index (χ3v) is 9.44. The van der Waals surface area contributed by atoms with Gasteiger partial charge < -0.3 is 69.6 Å². The molecule has 2 aromatic heterocycles. The van der Waals surface area contributed by atoms with Crippen LogP contribution < -0.4 is 68.8 Å². The van der Waals surface area contributed by atoms with Crippen LogP contribution in [0.2, 0.25) is 0 Å². The molecule has 0 aliphatic carbocycles. The molecule has 0 spiro atoms. The van der Waals surface area contributed by atoms with E-state index in [0.29, 0.717) is 26.2 Å². The van der Waals surface area contributed by atoms with Gasteiger partial charge in [-0.1, -0.05) is 60.7 Å². The molecule has 0 fully saturated rings. The molecule has 17 heteroatoms. The fourth-order valence-electron chi connectivity index (χ4n) is 6.38. The van der Waals surface area contributed by atoms with Gasteiger partial charge in [-0.3, -0.25) is 0 Å². The number of aliphatic hydroxyl groups is 2. The molecule has 2 heterocycles. The van der Waals surface area contributed by atoms with Crippen molar-refractivity contribution in [3.05, 3.63) is 145 Å². The fraction of sp³-hybridized carbons (Fsp3) is 0.318. The van der Waals surface area contributed by atoms with E-state index in [1.54, 1.807) is 0 Å². The maximum atomic E-state index is 9.35. The summed E-state index contributed by atoms with van der Waals surface area (Å²) < 4.78 is 7.98. The predicted octanol–water partition coefficient (Wildman–Crippen LogP) is -3.83. The Morgan fingerprint density at radius 1 is 0.459 bits per heavy atom. The Kier molecular flexibility index (Phi) is 28.7. The second-order valence-corrected chi connectivity index (χ2v) is 13.0. The first kappa shape index (κ1) is 56.8. The Morgan fingerprint density at radius 2 is 0.787 bits per heavy atom. The van der Waals surface area contributed by atoms with Crippen LogP contribution in [0, 0.1) is 0 Å². The Labute approximate surface area is 398 Å². The SMILES string of the molecule is CCN(CC)c1ccc(N=Nc2cc[n+](CCO)n2Cc2ccccc2)cc1.CCN(CC)c1ccc(N=Nc2cc[n+](CCO)n2Cc2ccccc2)cc1.[Cl-].[Cl-].[Cl-].[Cl-].[Zn]. The van der Waals surface area contributed by atoms with Crippen molar-refractivity contribution in [3.8, 4) is 0 Å². The summed E-state index contributed by atoms with van der Waals surface area (Å²) in [4.78, 5) is 4.59. The normalized spacial score (nSPS) is 10.3. The fourth-order valence-corrected chi connectivity index (χ4v) is 6.38. The number of nitrogens with zero attached hydrogens (tertiary/aromatic N) is 10. The van der Waals surface area contributed by atoms with Gasteiger partial charge in [-0.05, 0) is 87.4 Å². The molecule has 0 bridgehead atoms. The maximum absolute atomic E-state index is 9.35. The number of rotatable bonds is 18. The summed E-state index contributed by atoms with van der Waals surface area (Å²) in [6.45, 7) is 15.1. The number of anilines is 2. The van der Waals surface area contributed by atoms with E-state index in [9.17, 15) is 10.2 Å². The van der Waals surface area contributed by atoms with Crippen LogP contribution in [0.25, 0.3) is 0 Å². The molecule has 0 amide bonds. The minimum absolute atomic E-state index is 0. The summed E-state index contributed by atoms with van der Waals surface area (Å²) in [5, 5.41) is 36.4. The molecule has 12 nitrogen and oxygen atoms in total. The van der Waals surface area contributed by atoms with Gasteiger partial charge >= 0.3 is 0 Å². The monoisotopic (exact) mass is 960 g/mol. The van der Waals surface area contributed by atoms with Gasteiger partial charge in [-0.25, -0.2) is 0 Å². The number of aliphatic hydroxyl groups excluding tert-OH is 2. The second-order valence-electron chi connectivity index (χ2n) is 13.0. The number of benzene rings is 4. The van der Waals surface area contributed by atoms with Gasteiger partial charge in [0.1, 0.15) is 26.3 Å². The van der Waals surface area contributed by atoms with Gasteiger partial charge in [-0.15, -0.1) is 39.2 Å². The van der Waals surface area contributed by atoms with Gasteiger partial charge in [0.15, 0.2) is 25.5 Å². The molecule has 0 aliphatic heterocycles. The van der Waals surface area contributed by atoms with E-state index in [2.05, 4.69) is 106 Å². The summed E-state index contributed by atoms with van der Waals surface area (Å²) in [5.74, 6) is 1.51. The quantitative estimate of drug-likeness (QED) is 0.0523. The van der Waals surface area contributed by atoms with Crippen LogP contribution in [0.15, 0.2) is 154 Å². The molecule has 6 rings (SSSR count). The van der Waals surface area contributed by atoms with Crippen molar-refractivity contribution in [3.63, 3.8) is 0 Å². The van der Waals surface area contributed by atoms with Gasteiger partial charge in [-0.2, -0.15) is 0 Å². The number of hydrogen-bond acceptors (Lipinski definition) is 8. The minimum Gasteiger partial charge on any atom is -1.00 e. The average molecular weight is 964 g/mol. The first-order valence-corrected chi connectivity index (χ1v) is 19.5. The van der Waals surface area contributed by atoms with E-state index in [-0.39, 0.29) is 82.3 Å². The van der Waals surface area contributed by atoms with E-state index in [0.717, 1.165) is 49.2 Å². The van der Waals surface area contributed by atoms with E-state index in [1.165, 1.54) is 22.5 Å². The Bertz CT molecular complexity index is 1950.